The first kappa shape index (κ1) is 10.3. The molecule has 0 spiro atoms. The lowest BCUT2D eigenvalue weighted by atomic mass is 10.2. The van der Waals surface area contributed by atoms with E-state index in [1.165, 1.54) is 0 Å². The second-order valence-electron chi connectivity index (χ2n) is 2.70. The molecule has 0 atom stereocenters. The van der Waals surface area contributed by atoms with Gasteiger partial charge < -0.3 is 4.74 Å². The van der Waals surface area contributed by atoms with E-state index in [0.717, 1.165) is 0 Å². The predicted octanol–water partition coefficient (Wildman–Crippen LogP) is 2.57. The van der Waals surface area contributed by atoms with Gasteiger partial charge in [0.25, 0.3) is 0 Å². The molecule has 0 radical (unpaired) electrons. The minimum Gasteiger partial charge on any atom is -0.462 e. The first-order valence-corrected chi connectivity index (χ1v) is 4.41. The van der Waals surface area contributed by atoms with Crippen molar-refractivity contribution in [2.75, 3.05) is 6.61 Å². The van der Waals surface area contributed by atoms with Crippen molar-refractivity contribution in [2.45, 2.75) is 6.42 Å². The van der Waals surface area contributed by atoms with Gasteiger partial charge in [0.2, 0.25) is 0 Å². The lowest BCUT2D eigenvalue weighted by Crippen LogP contribution is -2.05. The predicted molar refractivity (Wildman–Crippen MR) is 55.1 cm³/mol. The first-order chi connectivity index (χ1) is 6.84. The van der Waals surface area contributed by atoms with Crippen LogP contribution in [0.4, 0.5) is 0 Å². The van der Waals surface area contributed by atoms with Gasteiger partial charge in [-0.3, -0.25) is 0 Å². The van der Waals surface area contributed by atoms with Crippen LogP contribution in [0.15, 0.2) is 48.7 Å². The number of rotatable bonds is 4. The van der Waals surface area contributed by atoms with E-state index in [2.05, 4.69) is 12.3 Å². The molecule has 0 saturated heterocycles. The molecule has 1 aromatic carbocycles. The van der Waals surface area contributed by atoms with Crippen molar-refractivity contribution in [1.29, 1.82) is 0 Å². The van der Waals surface area contributed by atoms with Gasteiger partial charge in [0, 0.05) is 6.42 Å². The summed E-state index contributed by atoms with van der Waals surface area (Å²) < 4.78 is 4.99. The molecule has 0 aliphatic rings. The number of esters is 1. The fourth-order valence-corrected chi connectivity index (χ4v) is 0.970. The minimum absolute atomic E-state index is 0.289. The molecule has 72 valence electrons. The average Bonchev–Trinajstić information content (AvgIpc) is 2.25. The molecule has 0 unspecified atom stereocenters. The molecule has 1 rings (SSSR count). The van der Waals surface area contributed by atoms with Crippen LogP contribution in [0, 0.1) is 0 Å². The Morgan fingerprint density at radius 2 is 2.14 bits per heavy atom. The Kier molecular flexibility index (Phi) is 4.25. The van der Waals surface area contributed by atoms with Gasteiger partial charge in [-0.25, -0.2) is 4.79 Å². The topological polar surface area (TPSA) is 26.3 Å². The molecule has 0 N–H and O–H groups in total. The SMILES string of the molecule is C=C=CCCOC(=O)c1ccccc1. The van der Waals surface area contributed by atoms with Gasteiger partial charge in [-0.1, -0.05) is 24.8 Å². The van der Waals surface area contributed by atoms with Crippen LogP contribution in [0.1, 0.15) is 16.8 Å². The molecule has 2 heteroatoms. The van der Waals surface area contributed by atoms with Crippen molar-refractivity contribution < 1.29 is 9.53 Å². The summed E-state index contributed by atoms with van der Waals surface area (Å²) in [5.41, 5.74) is 3.19. The third-order valence-electron chi connectivity index (χ3n) is 1.65. The monoisotopic (exact) mass is 188 g/mol. The van der Waals surface area contributed by atoms with Crippen molar-refractivity contribution in [2.24, 2.45) is 0 Å². The molecule has 0 amide bonds. The molecular formula is C12H12O2. The van der Waals surface area contributed by atoms with E-state index in [0.29, 0.717) is 18.6 Å². The Morgan fingerprint density at radius 3 is 2.79 bits per heavy atom. The van der Waals surface area contributed by atoms with Crippen LogP contribution in [-0.4, -0.2) is 12.6 Å². The number of ether oxygens (including phenoxy) is 1. The molecule has 14 heavy (non-hydrogen) atoms. The van der Waals surface area contributed by atoms with Crippen LogP contribution in [0.25, 0.3) is 0 Å². The highest BCUT2D eigenvalue weighted by Crippen LogP contribution is 2.01. The Balaban J connectivity index is 2.40. The van der Waals surface area contributed by atoms with E-state index >= 15 is 0 Å². The number of benzene rings is 1. The highest BCUT2D eigenvalue weighted by atomic mass is 16.5. The number of carbonyl (C=O) groups excluding carboxylic acids is 1. The summed E-state index contributed by atoms with van der Waals surface area (Å²) in [6, 6.07) is 8.93. The van der Waals surface area contributed by atoms with Crippen molar-refractivity contribution in [3.63, 3.8) is 0 Å². The third-order valence-corrected chi connectivity index (χ3v) is 1.65. The summed E-state index contributed by atoms with van der Waals surface area (Å²) in [7, 11) is 0. The molecule has 0 aliphatic carbocycles. The number of carbonyl (C=O) groups is 1. The summed E-state index contributed by atoms with van der Waals surface area (Å²) >= 11 is 0. The van der Waals surface area contributed by atoms with Crippen molar-refractivity contribution in [3.05, 3.63) is 54.3 Å². The summed E-state index contributed by atoms with van der Waals surface area (Å²) in [5, 5.41) is 0. The van der Waals surface area contributed by atoms with Crippen LogP contribution in [-0.2, 0) is 4.74 Å². The molecule has 0 fully saturated rings. The average molecular weight is 188 g/mol. The fraction of sp³-hybridized carbons (Fsp3) is 0.167. The lowest BCUT2D eigenvalue weighted by Gasteiger charge is -2.01. The number of hydrogen-bond acceptors (Lipinski definition) is 2. The van der Waals surface area contributed by atoms with Gasteiger partial charge in [0.15, 0.2) is 0 Å². The summed E-state index contributed by atoms with van der Waals surface area (Å²) in [4.78, 5) is 11.3. The van der Waals surface area contributed by atoms with Gasteiger partial charge in [-0.15, -0.1) is 5.73 Å². The molecule has 0 heterocycles. The highest BCUT2D eigenvalue weighted by Gasteiger charge is 2.03. The van der Waals surface area contributed by atoms with Crippen molar-refractivity contribution in [1.82, 2.24) is 0 Å². The minimum atomic E-state index is -0.289. The zero-order chi connectivity index (χ0) is 10.2. The van der Waals surface area contributed by atoms with E-state index < -0.39 is 0 Å². The Hall–Kier alpha value is -1.79. The first-order valence-electron chi connectivity index (χ1n) is 4.41. The fourth-order valence-electron chi connectivity index (χ4n) is 0.970. The largest absolute Gasteiger partial charge is 0.462 e. The maximum atomic E-state index is 11.3. The van der Waals surface area contributed by atoms with E-state index in [4.69, 9.17) is 4.74 Å². The van der Waals surface area contributed by atoms with Crippen LogP contribution in [0.2, 0.25) is 0 Å². The van der Waals surface area contributed by atoms with E-state index in [9.17, 15) is 4.79 Å². The highest BCUT2D eigenvalue weighted by molar-refractivity contribution is 5.89. The van der Waals surface area contributed by atoms with Crippen molar-refractivity contribution in [3.8, 4) is 0 Å². The van der Waals surface area contributed by atoms with Crippen LogP contribution in [0.3, 0.4) is 0 Å². The lowest BCUT2D eigenvalue weighted by molar-refractivity contribution is 0.0512. The Bertz CT molecular complexity index is 335. The van der Waals surface area contributed by atoms with Gasteiger partial charge in [-0.05, 0) is 18.2 Å². The molecule has 0 bridgehead atoms. The van der Waals surface area contributed by atoms with Gasteiger partial charge in [0.1, 0.15) is 0 Å². The van der Waals surface area contributed by atoms with Gasteiger partial charge in [0.05, 0.1) is 12.2 Å². The van der Waals surface area contributed by atoms with E-state index in [1.54, 1.807) is 30.3 Å². The van der Waals surface area contributed by atoms with Crippen LogP contribution in [0.5, 0.6) is 0 Å². The summed E-state index contributed by atoms with van der Waals surface area (Å²) in [6.45, 7) is 3.79. The van der Waals surface area contributed by atoms with Gasteiger partial charge >= 0.3 is 5.97 Å². The van der Waals surface area contributed by atoms with Crippen LogP contribution >= 0.6 is 0 Å². The Labute approximate surface area is 83.5 Å². The second kappa shape index (κ2) is 5.79. The molecule has 0 aliphatic heterocycles. The molecule has 2 nitrogen and oxygen atoms in total. The summed E-state index contributed by atoms with van der Waals surface area (Å²) in [6.07, 6.45) is 2.39. The number of hydrogen-bond donors (Lipinski definition) is 0. The zero-order valence-electron chi connectivity index (χ0n) is 7.90. The third kappa shape index (κ3) is 3.30. The van der Waals surface area contributed by atoms with E-state index in [-0.39, 0.29) is 5.97 Å². The summed E-state index contributed by atoms with van der Waals surface area (Å²) in [5.74, 6) is -0.289. The maximum Gasteiger partial charge on any atom is 0.338 e. The van der Waals surface area contributed by atoms with Crippen LogP contribution < -0.4 is 0 Å². The van der Waals surface area contributed by atoms with Gasteiger partial charge in [-0.2, -0.15) is 0 Å². The molecule has 0 aromatic heterocycles. The molecule has 0 saturated carbocycles. The molecular weight excluding hydrogens is 176 g/mol. The standard InChI is InChI=1S/C12H12O2/c1-2-3-7-10-14-12(13)11-8-5-4-6-9-11/h3-6,8-9H,1,7,10H2. The van der Waals surface area contributed by atoms with E-state index in [1.807, 2.05) is 6.07 Å². The smallest absolute Gasteiger partial charge is 0.338 e. The second-order valence-corrected chi connectivity index (χ2v) is 2.70. The maximum absolute atomic E-state index is 11.3. The Morgan fingerprint density at radius 1 is 1.43 bits per heavy atom. The molecule has 1 aromatic rings. The normalized spacial score (nSPS) is 8.86. The van der Waals surface area contributed by atoms with Crippen molar-refractivity contribution >= 4 is 5.97 Å². The quantitative estimate of drug-likeness (QED) is 0.412. The zero-order valence-corrected chi connectivity index (χ0v) is 7.90.